The lowest BCUT2D eigenvalue weighted by atomic mass is 10.1. The lowest BCUT2D eigenvalue weighted by molar-refractivity contribution is -0.131. The van der Waals surface area contributed by atoms with Gasteiger partial charge in [0.25, 0.3) is 0 Å². The van der Waals surface area contributed by atoms with Gasteiger partial charge in [0.2, 0.25) is 5.78 Å². The molecule has 1 aromatic heterocycles. The van der Waals surface area contributed by atoms with Crippen LogP contribution in [0.2, 0.25) is 0 Å². The van der Waals surface area contributed by atoms with Gasteiger partial charge >= 0.3 is 5.97 Å². The Morgan fingerprint density at radius 2 is 1.86 bits per heavy atom. The van der Waals surface area contributed by atoms with Crippen LogP contribution in [-0.2, 0) is 16.1 Å². The second kappa shape index (κ2) is 8.63. The van der Waals surface area contributed by atoms with Gasteiger partial charge in [0.05, 0.1) is 12.3 Å². The fourth-order valence-corrected chi connectivity index (χ4v) is 2.94. The number of nitrogens with zero attached hydrogens (tertiary/aromatic N) is 1. The van der Waals surface area contributed by atoms with Crippen LogP contribution in [0.25, 0.3) is 17.0 Å². The normalized spacial score (nSPS) is 11.2. The highest BCUT2D eigenvalue weighted by Gasteiger charge is 2.14. The Hall–Kier alpha value is -3.25. The number of aromatic nitrogens is 1. The molecule has 0 saturated heterocycles. The zero-order valence-electron chi connectivity index (χ0n) is 15.6. The van der Waals surface area contributed by atoms with Crippen molar-refractivity contribution in [2.24, 2.45) is 0 Å². The van der Waals surface area contributed by atoms with E-state index in [-0.39, 0.29) is 11.6 Å². The van der Waals surface area contributed by atoms with Gasteiger partial charge in [0.1, 0.15) is 11.6 Å². The zero-order valence-corrected chi connectivity index (χ0v) is 15.6. The monoisotopic (exact) mass is 381 g/mol. The molecule has 144 valence electrons. The molecule has 0 saturated carbocycles. The molecule has 3 rings (SSSR count). The van der Waals surface area contributed by atoms with Crippen LogP contribution < -0.4 is 4.74 Å². The summed E-state index contributed by atoms with van der Waals surface area (Å²) in [6.07, 6.45) is 3.10. The second-order valence-corrected chi connectivity index (χ2v) is 6.24. The summed E-state index contributed by atoms with van der Waals surface area (Å²) < 4.78 is 25.2. The van der Waals surface area contributed by atoms with E-state index in [2.05, 4.69) is 0 Å². The van der Waals surface area contributed by atoms with Crippen molar-refractivity contribution >= 4 is 28.7 Å². The lowest BCUT2D eigenvalue weighted by Gasteiger charge is -2.09. The van der Waals surface area contributed by atoms with Gasteiger partial charge in [-0.05, 0) is 48.0 Å². The second-order valence-electron chi connectivity index (χ2n) is 6.24. The first-order valence-corrected chi connectivity index (χ1v) is 8.76. The Labute approximate surface area is 162 Å². The number of esters is 1. The molecule has 0 amide bonds. The van der Waals surface area contributed by atoms with Crippen molar-refractivity contribution in [2.75, 3.05) is 13.7 Å². The Bertz CT molecular complexity index is 1030. The number of methoxy groups -OCH3 is 1. The van der Waals surface area contributed by atoms with Crippen molar-refractivity contribution < 1.29 is 23.5 Å². The predicted octanol–water partition coefficient (Wildman–Crippen LogP) is 4.25. The molecule has 0 N–H and O–H groups in total. The summed E-state index contributed by atoms with van der Waals surface area (Å²) in [5.41, 5.74) is 2.06. The summed E-state index contributed by atoms with van der Waals surface area (Å²) in [6, 6.07) is 12.9. The highest BCUT2D eigenvalue weighted by Crippen LogP contribution is 2.26. The Morgan fingerprint density at radius 3 is 2.54 bits per heavy atom. The molecule has 6 heteroatoms. The van der Waals surface area contributed by atoms with E-state index in [1.807, 2.05) is 10.6 Å². The summed E-state index contributed by atoms with van der Waals surface area (Å²) in [6.45, 7) is 2.28. The largest absolute Gasteiger partial charge is 0.427 e. The highest BCUT2D eigenvalue weighted by molar-refractivity contribution is 6.08. The third-order valence-corrected chi connectivity index (χ3v) is 4.20. The number of carbonyl (C=O) groups is 2. The number of fused-ring (bicyclic) bond motifs is 1. The third-order valence-electron chi connectivity index (χ3n) is 4.20. The van der Waals surface area contributed by atoms with E-state index in [0.29, 0.717) is 24.6 Å². The van der Waals surface area contributed by atoms with Crippen LogP contribution in [0.5, 0.6) is 5.75 Å². The van der Waals surface area contributed by atoms with Crippen molar-refractivity contribution in [3.05, 3.63) is 71.7 Å². The molecule has 5 nitrogen and oxygen atoms in total. The van der Waals surface area contributed by atoms with Crippen LogP contribution in [0.3, 0.4) is 0 Å². The van der Waals surface area contributed by atoms with E-state index >= 15 is 0 Å². The quantitative estimate of drug-likeness (QED) is 0.266. The maximum atomic E-state index is 13.0. The van der Waals surface area contributed by atoms with Crippen LogP contribution in [-0.4, -0.2) is 30.0 Å². The van der Waals surface area contributed by atoms with E-state index < -0.39 is 5.97 Å². The first-order valence-electron chi connectivity index (χ1n) is 8.76. The van der Waals surface area contributed by atoms with Gasteiger partial charge in [-0.15, -0.1) is 0 Å². The molecule has 0 bridgehead atoms. The molecule has 28 heavy (non-hydrogen) atoms. The van der Waals surface area contributed by atoms with Crippen LogP contribution in [0.1, 0.15) is 23.0 Å². The minimum absolute atomic E-state index is 0.189. The van der Waals surface area contributed by atoms with E-state index in [1.165, 1.54) is 25.1 Å². The third kappa shape index (κ3) is 4.53. The van der Waals surface area contributed by atoms with Gasteiger partial charge in [-0.2, -0.15) is 0 Å². The van der Waals surface area contributed by atoms with Crippen LogP contribution >= 0.6 is 0 Å². The smallest absolute Gasteiger partial charge is 0.308 e. The van der Waals surface area contributed by atoms with Crippen LogP contribution in [0, 0.1) is 5.82 Å². The molecule has 0 atom stereocenters. The van der Waals surface area contributed by atoms with Gasteiger partial charge in [0, 0.05) is 31.5 Å². The minimum Gasteiger partial charge on any atom is -0.427 e. The molecule has 0 radical (unpaired) electrons. The van der Waals surface area contributed by atoms with E-state index in [0.717, 1.165) is 16.5 Å². The van der Waals surface area contributed by atoms with Crippen LogP contribution in [0.4, 0.5) is 4.39 Å². The first kappa shape index (κ1) is 19.5. The van der Waals surface area contributed by atoms with E-state index in [1.54, 1.807) is 43.5 Å². The number of halogens is 1. The number of ketones is 1. The van der Waals surface area contributed by atoms with Gasteiger partial charge < -0.3 is 14.0 Å². The summed E-state index contributed by atoms with van der Waals surface area (Å²) in [4.78, 5) is 24.0. The molecule has 0 aliphatic rings. The number of hydrogen-bond acceptors (Lipinski definition) is 4. The van der Waals surface area contributed by atoms with Gasteiger partial charge in [-0.25, -0.2) is 4.39 Å². The van der Waals surface area contributed by atoms with Crippen molar-refractivity contribution in [1.29, 1.82) is 0 Å². The summed E-state index contributed by atoms with van der Waals surface area (Å²) in [5.74, 6) is -0.501. The van der Waals surface area contributed by atoms with Crippen molar-refractivity contribution in [3.8, 4) is 5.75 Å². The lowest BCUT2D eigenvalue weighted by Crippen LogP contribution is -2.10. The SMILES string of the molecule is COCCn1c(C(=O)/C=C/c2ccc(F)cc2)cc2cc(OC(C)=O)ccc21. The number of benzene rings is 2. The van der Waals surface area contributed by atoms with Gasteiger partial charge in [-0.1, -0.05) is 18.2 Å². The Kier molecular flexibility index (Phi) is 6.01. The van der Waals surface area contributed by atoms with Crippen molar-refractivity contribution in [2.45, 2.75) is 13.5 Å². The van der Waals surface area contributed by atoms with Crippen molar-refractivity contribution in [3.63, 3.8) is 0 Å². The average Bonchev–Trinajstić information content (AvgIpc) is 3.03. The number of hydrogen-bond donors (Lipinski definition) is 0. The molecule has 0 aliphatic carbocycles. The molecular formula is C22H20FNO4. The Balaban J connectivity index is 1.95. The maximum absolute atomic E-state index is 13.0. The molecule has 0 fully saturated rings. The van der Waals surface area contributed by atoms with E-state index in [4.69, 9.17) is 9.47 Å². The molecule has 2 aromatic carbocycles. The fraction of sp³-hybridized carbons (Fsp3) is 0.182. The average molecular weight is 381 g/mol. The summed E-state index contributed by atoms with van der Waals surface area (Å²) in [5, 5.41) is 0.786. The maximum Gasteiger partial charge on any atom is 0.308 e. The van der Waals surface area contributed by atoms with Crippen LogP contribution in [0.15, 0.2) is 54.6 Å². The van der Waals surface area contributed by atoms with Gasteiger partial charge in [-0.3, -0.25) is 9.59 Å². The first-order chi connectivity index (χ1) is 13.5. The number of allylic oxidation sites excluding steroid dienone is 1. The molecule has 3 aromatic rings. The summed E-state index contributed by atoms with van der Waals surface area (Å²) >= 11 is 0. The highest BCUT2D eigenvalue weighted by atomic mass is 19.1. The molecule has 1 heterocycles. The molecule has 0 spiro atoms. The minimum atomic E-state index is -0.406. The number of ether oxygens (including phenoxy) is 2. The fourth-order valence-electron chi connectivity index (χ4n) is 2.94. The molecule has 0 unspecified atom stereocenters. The van der Waals surface area contributed by atoms with E-state index in [9.17, 15) is 14.0 Å². The zero-order chi connectivity index (χ0) is 20.1. The molecule has 0 aliphatic heterocycles. The number of carbonyl (C=O) groups excluding carboxylic acids is 2. The number of rotatable bonds is 7. The molecular weight excluding hydrogens is 361 g/mol. The Morgan fingerprint density at radius 1 is 1.11 bits per heavy atom. The van der Waals surface area contributed by atoms with Gasteiger partial charge in [0.15, 0.2) is 0 Å². The standard InChI is InChI=1S/C22H20FNO4/c1-15(25)28-19-8-9-20-17(13-19)14-21(24(20)11-12-27-2)22(26)10-5-16-3-6-18(23)7-4-16/h3-10,13-14H,11-12H2,1-2H3/b10-5+. The summed E-state index contributed by atoms with van der Waals surface area (Å²) in [7, 11) is 1.60. The van der Waals surface area contributed by atoms with Crippen molar-refractivity contribution in [1.82, 2.24) is 4.57 Å². The predicted molar refractivity (Wildman–Crippen MR) is 105 cm³/mol. The topological polar surface area (TPSA) is 57.5 Å².